The van der Waals surface area contributed by atoms with Gasteiger partial charge in [0, 0.05) is 11.1 Å². The van der Waals surface area contributed by atoms with Gasteiger partial charge in [0.25, 0.3) is 5.91 Å². The van der Waals surface area contributed by atoms with Gasteiger partial charge in [0.1, 0.15) is 11.8 Å². The van der Waals surface area contributed by atoms with Crippen molar-refractivity contribution in [1.29, 1.82) is 0 Å². The number of nitrogens with one attached hydrogen (secondary N) is 1. The highest BCUT2D eigenvalue weighted by molar-refractivity contribution is 6.04. The SMILES string of the molecule is CCOc1ccc(C(C)=O)cc1CN1C(=O)N[C@H](C2CCCCC2)C1=O. The van der Waals surface area contributed by atoms with Gasteiger partial charge in [0.05, 0.1) is 13.2 Å². The summed E-state index contributed by atoms with van der Waals surface area (Å²) in [5, 5.41) is 2.86. The molecule has 0 spiro atoms. The summed E-state index contributed by atoms with van der Waals surface area (Å²) in [5.41, 5.74) is 1.21. The fourth-order valence-electron chi connectivity index (χ4n) is 3.87. The minimum Gasteiger partial charge on any atom is -0.494 e. The van der Waals surface area contributed by atoms with Gasteiger partial charge >= 0.3 is 6.03 Å². The molecule has 3 rings (SSSR count). The van der Waals surface area contributed by atoms with Crippen molar-refractivity contribution < 1.29 is 19.1 Å². The van der Waals surface area contributed by atoms with Gasteiger partial charge in [0.15, 0.2) is 5.78 Å². The molecule has 1 aromatic rings. The highest BCUT2D eigenvalue weighted by Crippen LogP contribution is 2.31. The zero-order valence-corrected chi connectivity index (χ0v) is 15.4. The lowest BCUT2D eigenvalue weighted by molar-refractivity contribution is -0.129. The number of benzene rings is 1. The molecule has 6 nitrogen and oxygen atoms in total. The Balaban J connectivity index is 1.81. The van der Waals surface area contributed by atoms with E-state index in [-0.39, 0.29) is 30.2 Å². The Morgan fingerprint density at radius 3 is 2.62 bits per heavy atom. The van der Waals surface area contributed by atoms with Crippen molar-refractivity contribution in [3.8, 4) is 5.75 Å². The fourth-order valence-corrected chi connectivity index (χ4v) is 3.87. The highest BCUT2D eigenvalue weighted by Gasteiger charge is 2.42. The summed E-state index contributed by atoms with van der Waals surface area (Å²) in [4.78, 5) is 38.2. The Bertz CT molecular complexity index is 710. The average molecular weight is 358 g/mol. The minimum atomic E-state index is -0.422. The van der Waals surface area contributed by atoms with E-state index in [1.807, 2.05) is 6.92 Å². The van der Waals surface area contributed by atoms with E-state index in [1.165, 1.54) is 18.2 Å². The lowest BCUT2D eigenvalue weighted by atomic mass is 9.84. The predicted octanol–water partition coefficient (Wildman–Crippen LogP) is 3.29. The van der Waals surface area contributed by atoms with Crippen LogP contribution in [0.25, 0.3) is 0 Å². The first kappa shape index (κ1) is 18.4. The van der Waals surface area contributed by atoms with Crippen LogP contribution in [0.4, 0.5) is 4.79 Å². The van der Waals surface area contributed by atoms with Crippen LogP contribution >= 0.6 is 0 Å². The fraction of sp³-hybridized carbons (Fsp3) is 0.550. The van der Waals surface area contributed by atoms with Crippen LogP contribution in [-0.4, -0.2) is 35.3 Å². The molecule has 1 aliphatic carbocycles. The van der Waals surface area contributed by atoms with E-state index in [2.05, 4.69) is 5.32 Å². The number of hydrogen-bond acceptors (Lipinski definition) is 4. The summed E-state index contributed by atoms with van der Waals surface area (Å²) in [5.74, 6) is 0.587. The van der Waals surface area contributed by atoms with E-state index < -0.39 is 6.04 Å². The molecule has 1 atom stereocenters. The topological polar surface area (TPSA) is 75.7 Å². The number of hydrogen-bond donors (Lipinski definition) is 1. The lowest BCUT2D eigenvalue weighted by Crippen LogP contribution is -2.38. The van der Waals surface area contributed by atoms with Crippen LogP contribution in [0.3, 0.4) is 0 Å². The monoisotopic (exact) mass is 358 g/mol. The van der Waals surface area contributed by atoms with E-state index >= 15 is 0 Å². The molecular weight excluding hydrogens is 332 g/mol. The molecule has 1 saturated carbocycles. The third-order valence-corrected chi connectivity index (χ3v) is 5.27. The van der Waals surface area contributed by atoms with E-state index in [0.29, 0.717) is 23.5 Å². The lowest BCUT2D eigenvalue weighted by Gasteiger charge is -2.25. The van der Waals surface area contributed by atoms with Crippen LogP contribution in [-0.2, 0) is 11.3 Å². The molecule has 0 unspecified atom stereocenters. The van der Waals surface area contributed by atoms with Gasteiger partial charge in [0.2, 0.25) is 0 Å². The number of carbonyl (C=O) groups excluding carboxylic acids is 3. The molecule has 26 heavy (non-hydrogen) atoms. The molecule has 2 aliphatic rings. The number of ether oxygens (including phenoxy) is 1. The largest absolute Gasteiger partial charge is 0.494 e. The molecule has 6 heteroatoms. The average Bonchev–Trinajstić information content (AvgIpc) is 2.92. The second-order valence-corrected chi connectivity index (χ2v) is 7.06. The molecular formula is C20H26N2O4. The van der Waals surface area contributed by atoms with E-state index in [1.54, 1.807) is 18.2 Å². The number of Topliss-reactive ketones (excluding diaryl/α,β-unsaturated/α-hetero) is 1. The van der Waals surface area contributed by atoms with E-state index in [9.17, 15) is 14.4 Å². The third-order valence-electron chi connectivity index (χ3n) is 5.27. The normalized spacial score (nSPS) is 21.0. The summed E-state index contributed by atoms with van der Waals surface area (Å²) in [7, 11) is 0. The Labute approximate surface area is 153 Å². The van der Waals surface area contributed by atoms with Crippen LogP contribution in [0.1, 0.15) is 61.9 Å². The molecule has 1 aliphatic heterocycles. The highest BCUT2D eigenvalue weighted by atomic mass is 16.5. The number of nitrogens with zero attached hydrogens (tertiary/aromatic N) is 1. The summed E-state index contributed by atoms with van der Waals surface area (Å²) in [6.45, 7) is 3.95. The minimum absolute atomic E-state index is 0.0634. The van der Waals surface area contributed by atoms with Crippen LogP contribution in [0.5, 0.6) is 5.75 Å². The van der Waals surface area contributed by atoms with Gasteiger partial charge in [-0.2, -0.15) is 0 Å². The Hall–Kier alpha value is -2.37. The maximum Gasteiger partial charge on any atom is 0.325 e. The standard InChI is InChI=1S/C20H26N2O4/c1-3-26-17-10-9-15(13(2)23)11-16(17)12-22-19(24)18(21-20(22)25)14-7-5-4-6-8-14/h9-11,14,18H,3-8,12H2,1-2H3,(H,21,25)/t18-/m1/s1. The first-order chi connectivity index (χ1) is 12.5. The number of amides is 3. The van der Waals surface area contributed by atoms with Crippen LogP contribution in [0.15, 0.2) is 18.2 Å². The molecule has 1 aromatic carbocycles. The molecule has 0 aromatic heterocycles. The maximum absolute atomic E-state index is 12.8. The summed E-state index contributed by atoms with van der Waals surface area (Å²) < 4.78 is 5.61. The van der Waals surface area contributed by atoms with Gasteiger partial charge < -0.3 is 10.1 Å². The molecule has 1 saturated heterocycles. The van der Waals surface area contributed by atoms with Gasteiger partial charge in [-0.3, -0.25) is 14.5 Å². The predicted molar refractivity (Wildman–Crippen MR) is 97.1 cm³/mol. The van der Waals surface area contributed by atoms with Crippen LogP contribution in [0, 0.1) is 5.92 Å². The summed E-state index contributed by atoms with van der Waals surface area (Å²) in [6.07, 6.45) is 5.38. The zero-order valence-electron chi connectivity index (χ0n) is 15.4. The second kappa shape index (κ2) is 7.89. The quantitative estimate of drug-likeness (QED) is 0.625. The van der Waals surface area contributed by atoms with E-state index in [0.717, 1.165) is 25.7 Å². The van der Waals surface area contributed by atoms with Crippen molar-refractivity contribution in [3.05, 3.63) is 29.3 Å². The third kappa shape index (κ3) is 3.74. The van der Waals surface area contributed by atoms with Crippen molar-refractivity contribution >= 4 is 17.7 Å². The van der Waals surface area contributed by atoms with Crippen molar-refractivity contribution in [3.63, 3.8) is 0 Å². The number of ketones is 1. The van der Waals surface area contributed by atoms with Crippen molar-refractivity contribution in [2.24, 2.45) is 5.92 Å². The number of imide groups is 1. The van der Waals surface area contributed by atoms with Crippen molar-refractivity contribution in [1.82, 2.24) is 10.2 Å². The van der Waals surface area contributed by atoms with Gasteiger partial charge in [-0.05, 0) is 50.8 Å². The van der Waals surface area contributed by atoms with E-state index in [4.69, 9.17) is 4.74 Å². The number of carbonyl (C=O) groups is 3. The van der Waals surface area contributed by atoms with Gasteiger partial charge in [-0.25, -0.2) is 4.79 Å². The van der Waals surface area contributed by atoms with Gasteiger partial charge in [-0.15, -0.1) is 0 Å². The molecule has 2 fully saturated rings. The molecule has 0 bridgehead atoms. The Kier molecular flexibility index (Phi) is 5.59. The van der Waals surface area contributed by atoms with Crippen LogP contribution in [0.2, 0.25) is 0 Å². The first-order valence-corrected chi connectivity index (χ1v) is 9.39. The molecule has 3 amide bonds. The Morgan fingerprint density at radius 2 is 1.96 bits per heavy atom. The van der Waals surface area contributed by atoms with Crippen molar-refractivity contribution in [2.75, 3.05) is 6.61 Å². The molecule has 1 heterocycles. The molecule has 140 valence electrons. The zero-order chi connectivity index (χ0) is 18.7. The van der Waals surface area contributed by atoms with Gasteiger partial charge in [-0.1, -0.05) is 19.3 Å². The number of rotatable bonds is 6. The molecule has 1 N–H and O–H groups in total. The summed E-state index contributed by atoms with van der Waals surface area (Å²) >= 11 is 0. The summed E-state index contributed by atoms with van der Waals surface area (Å²) in [6, 6.07) is 4.36. The van der Waals surface area contributed by atoms with Crippen LogP contribution < -0.4 is 10.1 Å². The number of urea groups is 1. The van der Waals surface area contributed by atoms with Crippen molar-refractivity contribution in [2.45, 2.75) is 58.5 Å². The Morgan fingerprint density at radius 1 is 1.23 bits per heavy atom. The maximum atomic E-state index is 12.8. The molecule has 0 radical (unpaired) electrons. The smallest absolute Gasteiger partial charge is 0.325 e. The second-order valence-electron chi connectivity index (χ2n) is 7.06. The first-order valence-electron chi connectivity index (χ1n) is 9.39.